The molecule has 0 aliphatic carbocycles. The van der Waals surface area contributed by atoms with Crippen LogP contribution >= 0.6 is 11.8 Å². The molecule has 1 aliphatic rings. The molecule has 0 aromatic carbocycles. The van der Waals surface area contributed by atoms with Crippen LogP contribution in [0.15, 0.2) is 11.2 Å². The van der Waals surface area contributed by atoms with Crippen molar-refractivity contribution in [2.75, 3.05) is 18.1 Å². The lowest BCUT2D eigenvalue weighted by molar-refractivity contribution is -0.403. The molecule has 0 unspecified atom stereocenters. The number of thioether (sulfide) groups is 1. The molecule has 0 aromatic heterocycles. The maximum Gasteiger partial charge on any atom is 0.265 e. The third kappa shape index (κ3) is 3.10. The van der Waals surface area contributed by atoms with Gasteiger partial charge >= 0.3 is 0 Å². The van der Waals surface area contributed by atoms with Crippen LogP contribution in [0.25, 0.3) is 0 Å². The molecular weight excluding hydrogens is 240 g/mol. The molecule has 8 heteroatoms. The summed E-state index contributed by atoms with van der Waals surface area (Å²) in [5, 5.41) is 10.5. The van der Waals surface area contributed by atoms with Gasteiger partial charge in [-0.15, -0.1) is 11.8 Å². The highest BCUT2D eigenvalue weighted by atomic mass is 32.2. The van der Waals surface area contributed by atoms with Gasteiger partial charge in [-0.1, -0.05) is 0 Å². The van der Waals surface area contributed by atoms with Crippen molar-refractivity contribution in [2.45, 2.75) is 13.3 Å². The molecule has 0 spiro atoms. The van der Waals surface area contributed by atoms with E-state index in [0.717, 1.165) is 22.7 Å². The molecule has 6 nitrogen and oxygen atoms in total. The summed E-state index contributed by atoms with van der Waals surface area (Å²) in [7, 11) is -3.38. The van der Waals surface area contributed by atoms with E-state index in [-0.39, 0.29) is 10.8 Å². The molecule has 0 aromatic rings. The van der Waals surface area contributed by atoms with E-state index in [1.54, 1.807) is 0 Å². The summed E-state index contributed by atoms with van der Waals surface area (Å²) < 4.78 is 24.3. The summed E-state index contributed by atoms with van der Waals surface area (Å²) in [6, 6.07) is 0. The van der Waals surface area contributed by atoms with Crippen LogP contribution in [0.5, 0.6) is 0 Å². The van der Waals surface area contributed by atoms with Gasteiger partial charge in [0.15, 0.2) is 5.03 Å². The zero-order valence-electron chi connectivity index (χ0n) is 8.25. The van der Waals surface area contributed by atoms with Crippen LogP contribution in [0.1, 0.15) is 13.3 Å². The molecule has 0 atom stereocenters. The Kier molecular flexibility index (Phi) is 3.97. The van der Waals surface area contributed by atoms with E-state index < -0.39 is 14.9 Å². The Balaban J connectivity index is 2.98. The Morgan fingerprint density at radius 3 is 2.87 bits per heavy atom. The smallest absolute Gasteiger partial charge is 0.259 e. The number of rotatable bonds is 3. The summed E-state index contributed by atoms with van der Waals surface area (Å²) >= 11 is 1.21. The molecule has 0 N–H and O–H groups in total. The minimum atomic E-state index is -3.38. The summed E-state index contributed by atoms with van der Waals surface area (Å²) in [5.74, 6) is 0.679. The number of hydrogen-bond acceptors (Lipinski definition) is 5. The standard InChI is InChI=1S/C7H12N2O4S2/c1-2-15(12,13)8-4-3-5-14-7(8)6-9(10)11/h6H,2-5H2,1H3/b7-6-. The van der Waals surface area contributed by atoms with Crippen molar-refractivity contribution in [1.82, 2.24) is 4.31 Å². The highest BCUT2D eigenvalue weighted by Crippen LogP contribution is 2.29. The summed E-state index contributed by atoms with van der Waals surface area (Å²) in [6.07, 6.45) is 1.48. The van der Waals surface area contributed by atoms with Crippen molar-refractivity contribution in [2.24, 2.45) is 0 Å². The molecule has 15 heavy (non-hydrogen) atoms. The maximum atomic E-state index is 11.6. The van der Waals surface area contributed by atoms with Gasteiger partial charge in [-0.25, -0.2) is 8.42 Å². The number of nitrogens with zero attached hydrogens (tertiary/aromatic N) is 2. The van der Waals surface area contributed by atoms with Crippen molar-refractivity contribution in [3.8, 4) is 0 Å². The Hall–Kier alpha value is -0.760. The average Bonchev–Trinajstić information content (AvgIpc) is 2.17. The summed E-state index contributed by atoms with van der Waals surface area (Å²) in [6.45, 7) is 1.86. The fourth-order valence-electron chi connectivity index (χ4n) is 1.19. The van der Waals surface area contributed by atoms with Crippen LogP contribution < -0.4 is 0 Å². The van der Waals surface area contributed by atoms with E-state index in [2.05, 4.69) is 0 Å². The lowest BCUT2D eigenvalue weighted by Gasteiger charge is -2.27. The minimum absolute atomic E-state index is 0.0391. The molecule has 0 amide bonds. The van der Waals surface area contributed by atoms with E-state index in [4.69, 9.17) is 0 Å². The predicted molar refractivity (Wildman–Crippen MR) is 58.3 cm³/mol. The topological polar surface area (TPSA) is 80.5 Å². The third-order valence-corrected chi connectivity index (χ3v) is 4.93. The monoisotopic (exact) mass is 252 g/mol. The average molecular weight is 252 g/mol. The number of hydrogen-bond donors (Lipinski definition) is 0. The maximum absolute atomic E-state index is 11.6. The quantitative estimate of drug-likeness (QED) is 0.549. The Labute approximate surface area is 92.5 Å². The van der Waals surface area contributed by atoms with Gasteiger partial charge in [0.05, 0.1) is 10.7 Å². The van der Waals surface area contributed by atoms with Crippen molar-refractivity contribution < 1.29 is 13.3 Å². The molecule has 0 radical (unpaired) electrons. The van der Waals surface area contributed by atoms with E-state index in [0.29, 0.717) is 6.54 Å². The van der Waals surface area contributed by atoms with Gasteiger partial charge in [0.1, 0.15) is 0 Å². The van der Waals surface area contributed by atoms with Crippen LogP contribution in [-0.2, 0) is 10.0 Å². The van der Waals surface area contributed by atoms with E-state index >= 15 is 0 Å². The highest BCUT2D eigenvalue weighted by molar-refractivity contribution is 8.04. The fourth-order valence-corrected chi connectivity index (χ4v) is 3.61. The highest BCUT2D eigenvalue weighted by Gasteiger charge is 2.27. The van der Waals surface area contributed by atoms with Crippen molar-refractivity contribution in [1.29, 1.82) is 0 Å². The first-order chi connectivity index (χ1) is 6.97. The van der Waals surface area contributed by atoms with Crippen LogP contribution in [0.2, 0.25) is 0 Å². The van der Waals surface area contributed by atoms with Crippen LogP contribution in [-0.4, -0.2) is 35.7 Å². The normalized spacial score (nSPS) is 20.6. The SMILES string of the molecule is CCS(=O)(=O)N1CCCS/C1=C\[N+](=O)[O-]. The first-order valence-corrected chi connectivity index (χ1v) is 7.05. The zero-order valence-corrected chi connectivity index (χ0v) is 9.88. The van der Waals surface area contributed by atoms with Crippen LogP contribution in [0.4, 0.5) is 0 Å². The molecular formula is C7H12N2O4S2. The van der Waals surface area contributed by atoms with Gasteiger partial charge in [-0.05, 0) is 13.3 Å². The Morgan fingerprint density at radius 2 is 2.33 bits per heavy atom. The Morgan fingerprint density at radius 1 is 1.67 bits per heavy atom. The molecule has 86 valence electrons. The van der Waals surface area contributed by atoms with Crippen molar-refractivity contribution in [3.63, 3.8) is 0 Å². The molecule has 0 bridgehead atoms. The van der Waals surface area contributed by atoms with Gasteiger partial charge in [0.25, 0.3) is 6.20 Å². The van der Waals surface area contributed by atoms with Gasteiger partial charge in [-0.3, -0.25) is 14.4 Å². The van der Waals surface area contributed by atoms with Crippen molar-refractivity contribution in [3.05, 3.63) is 21.3 Å². The van der Waals surface area contributed by atoms with Crippen LogP contribution in [0, 0.1) is 10.1 Å². The fraction of sp³-hybridized carbons (Fsp3) is 0.714. The lowest BCUT2D eigenvalue weighted by Crippen LogP contribution is -2.34. The van der Waals surface area contributed by atoms with Crippen LogP contribution in [0.3, 0.4) is 0 Å². The van der Waals surface area contributed by atoms with Gasteiger partial charge in [0.2, 0.25) is 10.0 Å². The molecule has 1 rings (SSSR count). The molecule has 0 saturated carbocycles. The molecule has 1 saturated heterocycles. The largest absolute Gasteiger partial charge is 0.265 e. The van der Waals surface area contributed by atoms with Gasteiger partial charge in [0, 0.05) is 12.3 Å². The second-order valence-corrected chi connectivity index (χ2v) is 6.22. The summed E-state index contributed by atoms with van der Waals surface area (Å²) in [5.41, 5.74) is 0. The first-order valence-electron chi connectivity index (χ1n) is 4.46. The Bertz CT molecular complexity index is 376. The van der Waals surface area contributed by atoms with E-state index in [1.165, 1.54) is 18.7 Å². The lowest BCUT2D eigenvalue weighted by atomic mass is 10.5. The predicted octanol–water partition coefficient (Wildman–Crippen LogP) is 0.851. The van der Waals surface area contributed by atoms with Gasteiger partial charge in [-0.2, -0.15) is 0 Å². The number of nitro groups is 1. The third-order valence-electron chi connectivity index (χ3n) is 1.92. The first kappa shape index (κ1) is 12.3. The molecule has 1 fully saturated rings. The molecule has 1 heterocycles. The number of sulfonamides is 1. The summed E-state index contributed by atoms with van der Waals surface area (Å²) in [4.78, 5) is 9.70. The second kappa shape index (κ2) is 4.84. The van der Waals surface area contributed by atoms with E-state index in [9.17, 15) is 18.5 Å². The second-order valence-electron chi connectivity index (χ2n) is 2.93. The van der Waals surface area contributed by atoms with E-state index in [1.807, 2.05) is 0 Å². The van der Waals surface area contributed by atoms with Crippen molar-refractivity contribution >= 4 is 21.8 Å². The van der Waals surface area contributed by atoms with Gasteiger partial charge < -0.3 is 0 Å². The zero-order chi connectivity index (χ0) is 11.5. The molecule has 1 aliphatic heterocycles. The minimum Gasteiger partial charge on any atom is -0.259 e.